The van der Waals surface area contributed by atoms with Gasteiger partial charge in [0.2, 0.25) is 0 Å². The van der Waals surface area contributed by atoms with E-state index in [1.54, 1.807) is 0 Å². The summed E-state index contributed by atoms with van der Waals surface area (Å²) >= 11 is 0. The fourth-order valence-corrected chi connectivity index (χ4v) is 3.52. The van der Waals surface area contributed by atoms with Gasteiger partial charge in [0.25, 0.3) is 0 Å². The summed E-state index contributed by atoms with van der Waals surface area (Å²) in [6, 6.07) is 16.4. The number of ether oxygens (including phenoxy) is 3. The standard InChI is InChI=1S/C23H30N4O3.HI/c1-2-24-23(26-16-20-17-29-21-5-3-4-6-22(21)30-20)25-15-18-7-9-19(10-8-18)27-11-13-28-14-12-27;/h3-10,20H,2,11-17H2,1H3,(H2,24,25,26);1H. The summed E-state index contributed by atoms with van der Waals surface area (Å²) in [4.78, 5) is 7.07. The molecule has 0 amide bonds. The van der Waals surface area contributed by atoms with Gasteiger partial charge in [-0.2, -0.15) is 0 Å². The largest absolute Gasteiger partial charge is 0.486 e. The number of nitrogens with one attached hydrogen (secondary N) is 2. The first-order valence-corrected chi connectivity index (χ1v) is 10.6. The van der Waals surface area contributed by atoms with Crippen LogP contribution in [0.15, 0.2) is 53.5 Å². The van der Waals surface area contributed by atoms with Crippen LogP contribution < -0.4 is 25.0 Å². The molecule has 8 heteroatoms. The van der Waals surface area contributed by atoms with Crippen molar-refractivity contribution in [1.82, 2.24) is 10.6 Å². The molecule has 7 nitrogen and oxygen atoms in total. The van der Waals surface area contributed by atoms with Crippen molar-refractivity contribution < 1.29 is 14.2 Å². The van der Waals surface area contributed by atoms with Crippen LogP contribution in [-0.4, -0.2) is 58.1 Å². The molecule has 0 saturated carbocycles. The van der Waals surface area contributed by atoms with Crippen molar-refractivity contribution in [3.63, 3.8) is 0 Å². The van der Waals surface area contributed by atoms with Gasteiger partial charge in [0, 0.05) is 25.3 Å². The van der Waals surface area contributed by atoms with Crippen LogP contribution in [0.2, 0.25) is 0 Å². The minimum atomic E-state index is -0.0587. The summed E-state index contributed by atoms with van der Waals surface area (Å²) in [5, 5.41) is 6.66. The van der Waals surface area contributed by atoms with Gasteiger partial charge in [-0.15, -0.1) is 24.0 Å². The molecule has 31 heavy (non-hydrogen) atoms. The monoisotopic (exact) mass is 538 g/mol. The molecule has 0 bridgehead atoms. The van der Waals surface area contributed by atoms with Gasteiger partial charge >= 0.3 is 0 Å². The maximum atomic E-state index is 6.01. The highest BCUT2D eigenvalue weighted by Crippen LogP contribution is 2.30. The first-order valence-electron chi connectivity index (χ1n) is 10.6. The van der Waals surface area contributed by atoms with Gasteiger partial charge in [-0.3, -0.25) is 0 Å². The van der Waals surface area contributed by atoms with Gasteiger partial charge in [-0.05, 0) is 36.8 Å². The SMILES string of the molecule is CCNC(=NCc1ccc(N2CCOCC2)cc1)NCC1COc2ccccc2O1.I. The minimum Gasteiger partial charge on any atom is -0.486 e. The fourth-order valence-electron chi connectivity index (χ4n) is 3.52. The molecule has 4 rings (SSSR count). The molecule has 2 aliphatic heterocycles. The van der Waals surface area contributed by atoms with E-state index in [1.807, 2.05) is 24.3 Å². The van der Waals surface area contributed by atoms with E-state index in [-0.39, 0.29) is 30.1 Å². The number of morpholine rings is 1. The van der Waals surface area contributed by atoms with Crippen LogP contribution in [0.25, 0.3) is 0 Å². The Balaban J connectivity index is 0.00000272. The normalized spacial score (nSPS) is 18.2. The van der Waals surface area contributed by atoms with Gasteiger partial charge in [0.1, 0.15) is 12.7 Å². The topological polar surface area (TPSA) is 67.4 Å². The lowest BCUT2D eigenvalue weighted by atomic mass is 10.2. The van der Waals surface area contributed by atoms with Gasteiger partial charge in [0.15, 0.2) is 17.5 Å². The Labute approximate surface area is 201 Å². The van der Waals surface area contributed by atoms with Crippen molar-refractivity contribution in [1.29, 1.82) is 0 Å². The molecule has 0 aromatic heterocycles. The average Bonchev–Trinajstić information content (AvgIpc) is 2.81. The number of hydrogen-bond acceptors (Lipinski definition) is 5. The molecule has 2 aromatic rings. The molecule has 1 unspecified atom stereocenters. The highest BCUT2D eigenvalue weighted by atomic mass is 127. The fraction of sp³-hybridized carbons (Fsp3) is 0.435. The van der Waals surface area contributed by atoms with Crippen LogP contribution in [0.5, 0.6) is 11.5 Å². The van der Waals surface area contributed by atoms with Gasteiger partial charge in [0.05, 0.1) is 26.3 Å². The third-order valence-corrected chi connectivity index (χ3v) is 5.14. The first-order chi connectivity index (χ1) is 14.8. The number of aliphatic imine (C=N–C) groups is 1. The predicted molar refractivity (Wildman–Crippen MR) is 134 cm³/mol. The van der Waals surface area contributed by atoms with Crippen molar-refractivity contribution in [2.75, 3.05) is 50.9 Å². The number of fused-ring (bicyclic) bond motifs is 1. The van der Waals surface area contributed by atoms with E-state index in [0.29, 0.717) is 19.7 Å². The molecular formula is C23H31IN4O3. The van der Waals surface area contributed by atoms with E-state index in [4.69, 9.17) is 19.2 Å². The number of nitrogens with zero attached hydrogens (tertiary/aromatic N) is 2. The number of hydrogen-bond donors (Lipinski definition) is 2. The summed E-state index contributed by atoms with van der Waals surface area (Å²) in [6.45, 7) is 8.10. The summed E-state index contributed by atoms with van der Waals surface area (Å²) in [6.07, 6.45) is -0.0587. The minimum absolute atomic E-state index is 0. The van der Waals surface area contributed by atoms with E-state index in [9.17, 15) is 0 Å². The Morgan fingerprint density at radius 3 is 2.52 bits per heavy atom. The van der Waals surface area contributed by atoms with Crippen molar-refractivity contribution in [2.45, 2.75) is 19.6 Å². The van der Waals surface area contributed by atoms with Crippen molar-refractivity contribution in [2.24, 2.45) is 4.99 Å². The molecule has 2 aliphatic rings. The molecule has 2 heterocycles. The third kappa shape index (κ3) is 6.64. The van der Waals surface area contributed by atoms with Crippen molar-refractivity contribution >= 4 is 35.6 Å². The lowest BCUT2D eigenvalue weighted by molar-refractivity contribution is 0.0936. The van der Waals surface area contributed by atoms with E-state index in [0.717, 1.165) is 50.3 Å². The lowest BCUT2D eigenvalue weighted by Gasteiger charge is -2.28. The van der Waals surface area contributed by atoms with E-state index < -0.39 is 0 Å². The molecule has 168 valence electrons. The summed E-state index contributed by atoms with van der Waals surface area (Å²) in [7, 11) is 0. The Morgan fingerprint density at radius 2 is 1.77 bits per heavy atom. The molecule has 0 radical (unpaired) electrons. The molecule has 2 N–H and O–H groups in total. The number of halogens is 1. The molecule has 0 aliphatic carbocycles. The van der Waals surface area contributed by atoms with Gasteiger partial charge in [-0.25, -0.2) is 4.99 Å². The van der Waals surface area contributed by atoms with Gasteiger partial charge < -0.3 is 29.7 Å². The maximum absolute atomic E-state index is 6.01. The number of anilines is 1. The Bertz CT molecular complexity index is 841. The molecule has 2 aromatic carbocycles. The van der Waals surface area contributed by atoms with E-state index >= 15 is 0 Å². The Hall–Kier alpha value is -2.20. The number of guanidine groups is 1. The molecule has 0 spiro atoms. The first kappa shape index (κ1) is 23.5. The zero-order valence-corrected chi connectivity index (χ0v) is 20.2. The molecule has 1 fully saturated rings. The van der Waals surface area contributed by atoms with Crippen LogP contribution in [0.4, 0.5) is 5.69 Å². The van der Waals surface area contributed by atoms with E-state index in [2.05, 4.69) is 46.7 Å². The second-order valence-corrected chi connectivity index (χ2v) is 7.34. The zero-order valence-electron chi connectivity index (χ0n) is 17.9. The Kier molecular flexibility index (Phi) is 9.08. The lowest BCUT2D eigenvalue weighted by Crippen LogP contribution is -2.45. The number of para-hydroxylation sites is 2. The van der Waals surface area contributed by atoms with Crippen LogP contribution >= 0.6 is 24.0 Å². The predicted octanol–water partition coefficient (Wildman–Crippen LogP) is 3.04. The summed E-state index contributed by atoms with van der Waals surface area (Å²) in [5.74, 6) is 2.37. The summed E-state index contributed by atoms with van der Waals surface area (Å²) in [5.41, 5.74) is 2.42. The highest BCUT2D eigenvalue weighted by Gasteiger charge is 2.20. The average molecular weight is 538 g/mol. The third-order valence-electron chi connectivity index (χ3n) is 5.14. The quantitative estimate of drug-likeness (QED) is 0.335. The van der Waals surface area contributed by atoms with Crippen LogP contribution in [0, 0.1) is 0 Å². The van der Waals surface area contributed by atoms with Crippen LogP contribution in [0.1, 0.15) is 12.5 Å². The van der Waals surface area contributed by atoms with E-state index in [1.165, 1.54) is 11.3 Å². The zero-order chi connectivity index (χ0) is 20.6. The number of benzene rings is 2. The second-order valence-electron chi connectivity index (χ2n) is 7.34. The van der Waals surface area contributed by atoms with Crippen LogP contribution in [0.3, 0.4) is 0 Å². The maximum Gasteiger partial charge on any atom is 0.191 e. The molecule has 1 atom stereocenters. The second kappa shape index (κ2) is 12.0. The van der Waals surface area contributed by atoms with Gasteiger partial charge in [-0.1, -0.05) is 24.3 Å². The Morgan fingerprint density at radius 1 is 1.03 bits per heavy atom. The highest BCUT2D eigenvalue weighted by molar-refractivity contribution is 14.0. The number of rotatable bonds is 6. The molecule has 1 saturated heterocycles. The van der Waals surface area contributed by atoms with Crippen molar-refractivity contribution in [3.05, 3.63) is 54.1 Å². The van der Waals surface area contributed by atoms with Crippen molar-refractivity contribution in [3.8, 4) is 11.5 Å². The summed E-state index contributed by atoms with van der Waals surface area (Å²) < 4.78 is 17.2. The molecular weight excluding hydrogens is 507 g/mol. The van der Waals surface area contributed by atoms with Crippen LogP contribution in [-0.2, 0) is 11.3 Å². The smallest absolute Gasteiger partial charge is 0.191 e.